The number of likely N-dealkylation sites (N-methyl/N-ethyl adjacent to an activating group) is 1. The summed E-state index contributed by atoms with van der Waals surface area (Å²) in [5, 5.41) is 17.2. The molecule has 0 saturated heterocycles. The van der Waals surface area contributed by atoms with Gasteiger partial charge in [-0.3, -0.25) is 4.79 Å². The van der Waals surface area contributed by atoms with Crippen LogP contribution in [0.25, 0.3) is 0 Å². The minimum Gasteiger partial charge on any atom is -0.409 e. The molecule has 0 fully saturated rings. The van der Waals surface area contributed by atoms with Crippen molar-refractivity contribution in [1.29, 1.82) is 0 Å². The van der Waals surface area contributed by atoms with Crippen molar-refractivity contribution in [1.82, 2.24) is 10.6 Å². The second kappa shape index (κ2) is 6.61. The first-order valence-corrected chi connectivity index (χ1v) is 5.60. The van der Waals surface area contributed by atoms with Crippen molar-refractivity contribution in [2.24, 2.45) is 10.9 Å². The number of carbonyl (C=O) groups is 1. The Kier molecular flexibility index (Phi) is 5.13. The fraction of sp³-hybridized carbons (Fsp3) is 0.333. The lowest BCUT2D eigenvalue weighted by atomic mass is 10.1. The molecular formula is C12H18N4O2. The maximum absolute atomic E-state index is 11.3. The molecule has 0 bridgehead atoms. The quantitative estimate of drug-likeness (QED) is 0.256. The predicted octanol–water partition coefficient (Wildman–Crippen LogP) is 0.00520. The molecule has 1 rings (SSSR count). The van der Waals surface area contributed by atoms with Gasteiger partial charge in [0, 0.05) is 19.2 Å². The molecule has 1 atom stereocenters. The molecule has 0 aromatic heterocycles. The summed E-state index contributed by atoms with van der Waals surface area (Å²) in [5.74, 6) is -0.00112. The van der Waals surface area contributed by atoms with E-state index < -0.39 is 0 Å². The SMILES string of the molecule is CNC(=O)C(C)NCc1cccc(/C(N)=N/O)c1. The topological polar surface area (TPSA) is 99.7 Å². The Hall–Kier alpha value is -2.08. The molecule has 98 valence electrons. The van der Waals surface area contributed by atoms with E-state index in [0.717, 1.165) is 5.56 Å². The summed E-state index contributed by atoms with van der Waals surface area (Å²) < 4.78 is 0. The first-order chi connectivity index (χ1) is 8.58. The van der Waals surface area contributed by atoms with Gasteiger partial charge in [-0.25, -0.2) is 0 Å². The minimum absolute atomic E-state index is 0.0659. The van der Waals surface area contributed by atoms with Crippen LogP contribution < -0.4 is 16.4 Å². The molecule has 0 saturated carbocycles. The lowest BCUT2D eigenvalue weighted by molar-refractivity contribution is -0.122. The van der Waals surface area contributed by atoms with Crippen molar-refractivity contribution >= 4 is 11.7 Å². The molecule has 1 unspecified atom stereocenters. The van der Waals surface area contributed by atoms with Crippen molar-refractivity contribution in [3.05, 3.63) is 35.4 Å². The highest BCUT2D eigenvalue weighted by molar-refractivity contribution is 5.97. The van der Waals surface area contributed by atoms with Crippen LogP contribution in [-0.2, 0) is 11.3 Å². The van der Waals surface area contributed by atoms with Crippen LogP contribution in [-0.4, -0.2) is 30.0 Å². The van der Waals surface area contributed by atoms with Gasteiger partial charge in [0.25, 0.3) is 0 Å². The average Bonchev–Trinajstić information content (AvgIpc) is 2.43. The second-order valence-corrected chi connectivity index (χ2v) is 3.90. The molecule has 0 aliphatic heterocycles. The van der Waals surface area contributed by atoms with Gasteiger partial charge < -0.3 is 21.6 Å². The van der Waals surface area contributed by atoms with Crippen LogP contribution in [0.2, 0.25) is 0 Å². The zero-order valence-electron chi connectivity index (χ0n) is 10.5. The molecule has 18 heavy (non-hydrogen) atoms. The van der Waals surface area contributed by atoms with Crippen molar-refractivity contribution in [3.8, 4) is 0 Å². The number of nitrogens with one attached hydrogen (secondary N) is 2. The smallest absolute Gasteiger partial charge is 0.236 e. The van der Waals surface area contributed by atoms with Crippen LogP contribution in [0.15, 0.2) is 29.4 Å². The summed E-state index contributed by atoms with van der Waals surface area (Å²) in [4.78, 5) is 11.3. The monoisotopic (exact) mass is 250 g/mol. The molecular weight excluding hydrogens is 232 g/mol. The van der Waals surface area contributed by atoms with Gasteiger partial charge in [-0.1, -0.05) is 23.4 Å². The van der Waals surface area contributed by atoms with Gasteiger partial charge in [-0.15, -0.1) is 0 Å². The predicted molar refractivity (Wildman–Crippen MR) is 69.3 cm³/mol. The number of oxime groups is 1. The maximum Gasteiger partial charge on any atom is 0.236 e. The van der Waals surface area contributed by atoms with Gasteiger partial charge in [0.15, 0.2) is 5.84 Å². The summed E-state index contributed by atoms with van der Waals surface area (Å²) in [6, 6.07) is 6.99. The molecule has 1 aromatic carbocycles. The van der Waals surface area contributed by atoms with Gasteiger partial charge in [0.1, 0.15) is 0 Å². The Labute approximate surface area is 106 Å². The molecule has 0 heterocycles. The molecule has 6 nitrogen and oxygen atoms in total. The van der Waals surface area contributed by atoms with Crippen LogP contribution in [0.1, 0.15) is 18.1 Å². The van der Waals surface area contributed by atoms with E-state index in [2.05, 4.69) is 15.8 Å². The molecule has 6 heteroatoms. The highest BCUT2D eigenvalue weighted by Gasteiger charge is 2.09. The third-order valence-electron chi connectivity index (χ3n) is 2.58. The Morgan fingerprint density at radius 3 is 2.89 bits per heavy atom. The highest BCUT2D eigenvalue weighted by atomic mass is 16.4. The number of benzene rings is 1. The highest BCUT2D eigenvalue weighted by Crippen LogP contribution is 2.05. The molecule has 0 radical (unpaired) electrons. The second-order valence-electron chi connectivity index (χ2n) is 3.90. The minimum atomic E-state index is -0.275. The Balaban J connectivity index is 2.66. The lowest BCUT2D eigenvalue weighted by Crippen LogP contribution is -2.40. The van der Waals surface area contributed by atoms with E-state index in [4.69, 9.17) is 10.9 Å². The third-order valence-corrected chi connectivity index (χ3v) is 2.58. The van der Waals surface area contributed by atoms with Gasteiger partial charge in [0.2, 0.25) is 5.91 Å². The van der Waals surface area contributed by atoms with Crippen LogP contribution >= 0.6 is 0 Å². The normalized spacial score (nSPS) is 13.1. The molecule has 5 N–H and O–H groups in total. The number of carbonyl (C=O) groups excluding carboxylic acids is 1. The number of nitrogens with two attached hydrogens (primary N) is 1. The summed E-state index contributed by atoms with van der Waals surface area (Å²) in [6.45, 7) is 2.31. The van der Waals surface area contributed by atoms with E-state index in [9.17, 15) is 4.79 Å². The molecule has 1 aromatic rings. The zero-order chi connectivity index (χ0) is 13.5. The largest absolute Gasteiger partial charge is 0.409 e. The summed E-state index contributed by atoms with van der Waals surface area (Å²) in [5.41, 5.74) is 7.10. The van der Waals surface area contributed by atoms with Crippen molar-refractivity contribution < 1.29 is 10.0 Å². The third kappa shape index (κ3) is 3.74. The fourth-order valence-corrected chi connectivity index (χ4v) is 1.48. The van der Waals surface area contributed by atoms with Crippen molar-refractivity contribution in [3.63, 3.8) is 0 Å². The summed E-state index contributed by atoms with van der Waals surface area (Å²) >= 11 is 0. The van der Waals surface area contributed by atoms with Gasteiger partial charge in [0.05, 0.1) is 6.04 Å². The first kappa shape index (κ1) is 14.0. The number of hydrogen-bond acceptors (Lipinski definition) is 4. The molecule has 0 aliphatic rings. The van der Waals surface area contributed by atoms with E-state index in [1.165, 1.54) is 0 Å². The average molecular weight is 250 g/mol. The van der Waals surface area contributed by atoms with Crippen molar-refractivity contribution in [2.75, 3.05) is 7.05 Å². The van der Waals surface area contributed by atoms with E-state index >= 15 is 0 Å². The molecule has 0 spiro atoms. The standard InChI is InChI=1S/C12H18N4O2/c1-8(12(17)14-2)15-7-9-4-3-5-10(6-9)11(13)16-18/h3-6,8,15,18H,7H2,1-2H3,(H2,13,16)(H,14,17). The van der Waals surface area contributed by atoms with Gasteiger partial charge in [-0.05, 0) is 18.6 Å². The molecule has 1 amide bonds. The Morgan fingerprint density at radius 1 is 1.56 bits per heavy atom. The van der Waals surface area contributed by atoms with Gasteiger partial charge in [-0.2, -0.15) is 0 Å². The fourth-order valence-electron chi connectivity index (χ4n) is 1.48. The van der Waals surface area contributed by atoms with E-state index in [-0.39, 0.29) is 17.8 Å². The number of rotatable bonds is 5. The maximum atomic E-state index is 11.3. The van der Waals surface area contributed by atoms with E-state index in [1.54, 1.807) is 26.1 Å². The van der Waals surface area contributed by atoms with E-state index in [1.807, 2.05) is 12.1 Å². The Bertz CT molecular complexity index is 445. The van der Waals surface area contributed by atoms with Gasteiger partial charge >= 0.3 is 0 Å². The molecule has 0 aliphatic carbocycles. The first-order valence-electron chi connectivity index (χ1n) is 5.60. The number of hydrogen-bond donors (Lipinski definition) is 4. The van der Waals surface area contributed by atoms with Crippen LogP contribution in [0.3, 0.4) is 0 Å². The van der Waals surface area contributed by atoms with E-state index in [0.29, 0.717) is 12.1 Å². The number of nitrogens with zero attached hydrogens (tertiary/aromatic N) is 1. The van der Waals surface area contributed by atoms with Crippen molar-refractivity contribution in [2.45, 2.75) is 19.5 Å². The van der Waals surface area contributed by atoms with Crippen LogP contribution in [0.4, 0.5) is 0 Å². The van der Waals surface area contributed by atoms with Crippen LogP contribution in [0, 0.1) is 0 Å². The number of amides is 1. The summed E-state index contributed by atoms with van der Waals surface area (Å²) in [7, 11) is 1.60. The number of amidine groups is 1. The van der Waals surface area contributed by atoms with Crippen LogP contribution in [0.5, 0.6) is 0 Å². The summed E-state index contributed by atoms with van der Waals surface area (Å²) in [6.07, 6.45) is 0. The zero-order valence-corrected chi connectivity index (χ0v) is 10.5. The lowest BCUT2D eigenvalue weighted by Gasteiger charge is -2.12. The Morgan fingerprint density at radius 2 is 2.28 bits per heavy atom.